The SMILES string of the molecule is CC(CNC(=O)CC(C)(C)C(=O)O)N1CCCCC1. The molecule has 1 fully saturated rings. The van der Waals surface area contributed by atoms with Crippen molar-refractivity contribution in [2.45, 2.75) is 52.5 Å². The van der Waals surface area contributed by atoms with E-state index in [1.807, 2.05) is 0 Å². The Morgan fingerprint density at radius 1 is 1.26 bits per heavy atom. The van der Waals surface area contributed by atoms with E-state index in [1.54, 1.807) is 13.8 Å². The number of likely N-dealkylation sites (tertiary alicyclic amines) is 1. The molecule has 1 saturated heterocycles. The Balaban J connectivity index is 2.31. The summed E-state index contributed by atoms with van der Waals surface area (Å²) >= 11 is 0. The van der Waals surface area contributed by atoms with Crippen LogP contribution in [0.2, 0.25) is 0 Å². The lowest BCUT2D eigenvalue weighted by Gasteiger charge is -2.32. The third-order valence-corrected chi connectivity index (χ3v) is 3.79. The molecule has 0 aromatic heterocycles. The average molecular weight is 270 g/mol. The Morgan fingerprint density at radius 2 is 1.84 bits per heavy atom. The third kappa shape index (κ3) is 5.19. The van der Waals surface area contributed by atoms with Crippen LogP contribution in [0, 0.1) is 5.41 Å². The van der Waals surface area contributed by atoms with Crippen LogP contribution in [0.25, 0.3) is 0 Å². The van der Waals surface area contributed by atoms with Gasteiger partial charge in [0.2, 0.25) is 5.91 Å². The molecule has 0 aliphatic carbocycles. The molecule has 0 spiro atoms. The number of nitrogens with one attached hydrogen (secondary N) is 1. The molecule has 1 atom stereocenters. The lowest BCUT2D eigenvalue weighted by molar-refractivity contribution is -0.149. The lowest BCUT2D eigenvalue weighted by Crippen LogP contribution is -2.45. The molecule has 1 amide bonds. The highest BCUT2D eigenvalue weighted by molar-refractivity contribution is 5.84. The summed E-state index contributed by atoms with van der Waals surface area (Å²) in [5.74, 6) is -1.12. The number of piperidine rings is 1. The fourth-order valence-electron chi connectivity index (χ4n) is 2.29. The molecule has 1 aliphatic heterocycles. The molecule has 1 rings (SSSR count). The number of hydrogen-bond donors (Lipinski definition) is 2. The number of carbonyl (C=O) groups excluding carboxylic acids is 1. The molecule has 0 aromatic rings. The second-order valence-corrected chi connectivity index (χ2v) is 6.12. The van der Waals surface area contributed by atoms with Gasteiger partial charge in [-0.25, -0.2) is 0 Å². The first-order valence-electron chi connectivity index (χ1n) is 7.07. The van der Waals surface area contributed by atoms with Gasteiger partial charge in [0.15, 0.2) is 0 Å². The predicted octanol–water partition coefficient (Wildman–Crippen LogP) is 1.48. The second-order valence-electron chi connectivity index (χ2n) is 6.12. The molecule has 0 bridgehead atoms. The minimum Gasteiger partial charge on any atom is -0.481 e. The molecule has 110 valence electrons. The van der Waals surface area contributed by atoms with Crippen LogP contribution in [0.15, 0.2) is 0 Å². The van der Waals surface area contributed by atoms with Crippen LogP contribution < -0.4 is 5.32 Å². The second kappa shape index (κ2) is 6.89. The molecular formula is C14H26N2O3. The van der Waals surface area contributed by atoms with Crippen LogP contribution in [0.4, 0.5) is 0 Å². The summed E-state index contributed by atoms with van der Waals surface area (Å²) in [5, 5.41) is 11.8. The van der Waals surface area contributed by atoms with E-state index < -0.39 is 11.4 Å². The van der Waals surface area contributed by atoms with Crippen molar-refractivity contribution >= 4 is 11.9 Å². The van der Waals surface area contributed by atoms with Gasteiger partial charge < -0.3 is 10.4 Å². The van der Waals surface area contributed by atoms with Crippen molar-refractivity contribution in [3.63, 3.8) is 0 Å². The minimum absolute atomic E-state index is 0.0229. The highest BCUT2D eigenvalue weighted by Crippen LogP contribution is 2.20. The molecule has 5 nitrogen and oxygen atoms in total. The van der Waals surface area contributed by atoms with Crippen molar-refractivity contribution in [1.29, 1.82) is 0 Å². The van der Waals surface area contributed by atoms with E-state index in [9.17, 15) is 9.59 Å². The Labute approximate surface area is 115 Å². The van der Waals surface area contributed by atoms with Gasteiger partial charge in [-0.05, 0) is 46.7 Å². The molecule has 1 aliphatic rings. The van der Waals surface area contributed by atoms with E-state index in [-0.39, 0.29) is 12.3 Å². The summed E-state index contributed by atoms with van der Waals surface area (Å²) in [7, 11) is 0. The molecule has 5 heteroatoms. The summed E-state index contributed by atoms with van der Waals surface area (Å²) < 4.78 is 0. The van der Waals surface area contributed by atoms with Crippen LogP contribution in [-0.2, 0) is 9.59 Å². The zero-order valence-electron chi connectivity index (χ0n) is 12.2. The Bertz CT molecular complexity index is 323. The molecule has 2 N–H and O–H groups in total. The number of rotatable bonds is 6. The normalized spacial score (nSPS) is 18.9. The standard InChI is InChI=1S/C14H26N2O3/c1-11(16-7-5-4-6-8-16)10-15-12(17)9-14(2,3)13(18)19/h11H,4-10H2,1-3H3,(H,15,17)(H,18,19). The average Bonchev–Trinajstić information content (AvgIpc) is 2.36. The van der Waals surface area contributed by atoms with E-state index in [1.165, 1.54) is 19.3 Å². The predicted molar refractivity (Wildman–Crippen MR) is 73.9 cm³/mol. The Morgan fingerprint density at radius 3 is 2.37 bits per heavy atom. The highest BCUT2D eigenvalue weighted by atomic mass is 16.4. The van der Waals surface area contributed by atoms with Gasteiger partial charge in [0.25, 0.3) is 0 Å². The molecule has 1 unspecified atom stereocenters. The topological polar surface area (TPSA) is 69.6 Å². The number of carboxylic acids is 1. The van der Waals surface area contributed by atoms with Crippen molar-refractivity contribution in [2.24, 2.45) is 5.41 Å². The fourth-order valence-corrected chi connectivity index (χ4v) is 2.29. The van der Waals surface area contributed by atoms with Crippen molar-refractivity contribution in [1.82, 2.24) is 10.2 Å². The van der Waals surface area contributed by atoms with Gasteiger partial charge in [-0.1, -0.05) is 6.42 Å². The first-order chi connectivity index (χ1) is 8.83. The van der Waals surface area contributed by atoms with Crippen molar-refractivity contribution in [2.75, 3.05) is 19.6 Å². The first-order valence-corrected chi connectivity index (χ1v) is 7.07. The number of carboxylic acid groups (broad SMARTS) is 1. The highest BCUT2D eigenvalue weighted by Gasteiger charge is 2.30. The van der Waals surface area contributed by atoms with Gasteiger partial charge in [0.05, 0.1) is 5.41 Å². The first kappa shape index (κ1) is 16.0. The van der Waals surface area contributed by atoms with Gasteiger partial charge in [-0.3, -0.25) is 14.5 Å². The van der Waals surface area contributed by atoms with E-state index in [2.05, 4.69) is 17.1 Å². The van der Waals surface area contributed by atoms with Gasteiger partial charge >= 0.3 is 5.97 Å². The minimum atomic E-state index is -1.00. The Kier molecular flexibility index (Phi) is 5.79. The summed E-state index contributed by atoms with van der Waals surface area (Å²) in [4.78, 5) is 25.1. The van der Waals surface area contributed by atoms with E-state index in [0.717, 1.165) is 13.1 Å². The molecule has 19 heavy (non-hydrogen) atoms. The number of amides is 1. The quantitative estimate of drug-likeness (QED) is 0.767. The maximum absolute atomic E-state index is 11.8. The summed E-state index contributed by atoms with van der Waals surface area (Å²) in [6, 6.07) is 0.317. The van der Waals surface area contributed by atoms with Gasteiger partial charge in [0, 0.05) is 19.0 Å². The van der Waals surface area contributed by atoms with Crippen molar-refractivity contribution in [3.8, 4) is 0 Å². The van der Waals surface area contributed by atoms with Gasteiger partial charge in [-0.15, -0.1) is 0 Å². The number of carbonyl (C=O) groups is 2. The van der Waals surface area contributed by atoms with E-state index >= 15 is 0 Å². The lowest BCUT2D eigenvalue weighted by atomic mass is 9.89. The maximum atomic E-state index is 11.8. The maximum Gasteiger partial charge on any atom is 0.309 e. The Hall–Kier alpha value is -1.10. The van der Waals surface area contributed by atoms with Crippen molar-refractivity contribution < 1.29 is 14.7 Å². The van der Waals surface area contributed by atoms with Gasteiger partial charge in [0.1, 0.15) is 0 Å². The third-order valence-electron chi connectivity index (χ3n) is 3.79. The van der Waals surface area contributed by atoms with Crippen molar-refractivity contribution in [3.05, 3.63) is 0 Å². The number of nitrogens with zero attached hydrogens (tertiary/aromatic N) is 1. The molecule has 0 radical (unpaired) electrons. The van der Waals surface area contributed by atoms with Gasteiger partial charge in [-0.2, -0.15) is 0 Å². The summed E-state index contributed by atoms with van der Waals surface area (Å²) in [5.41, 5.74) is -1.00. The smallest absolute Gasteiger partial charge is 0.309 e. The van der Waals surface area contributed by atoms with E-state index in [0.29, 0.717) is 12.6 Å². The molecular weight excluding hydrogens is 244 g/mol. The van der Waals surface area contributed by atoms with E-state index in [4.69, 9.17) is 5.11 Å². The fraction of sp³-hybridized carbons (Fsp3) is 0.857. The monoisotopic (exact) mass is 270 g/mol. The van der Waals surface area contributed by atoms with Crippen LogP contribution >= 0.6 is 0 Å². The molecule has 0 saturated carbocycles. The van der Waals surface area contributed by atoms with Crippen LogP contribution in [0.5, 0.6) is 0 Å². The number of hydrogen-bond acceptors (Lipinski definition) is 3. The molecule has 0 aromatic carbocycles. The zero-order chi connectivity index (χ0) is 14.5. The summed E-state index contributed by atoms with van der Waals surface area (Å²) in [6.45, 7) is 8.03. The number of aliphatic carboxylic acids is 1. The molecule has 1 heterocycles. The summed E-state index contributed by atoms with van der Waals surface area (Å²) in [6.07, 6.45) is 3.77. The van der Waals surface area contributed by atoms with Crippen LogP contribution in [0.1, 0.15) is 46.5 Å². The largest absolute Gasteiger partial charge is 0.481 e. The zero-order valence-corrected chi connectivity index (χ0v) is 12.2. The van der Waals surface area contributed by atoms with Crippen LogP contribution in [-0.4, -0.2) is 47.6 Å². The van der Waals surface area contributed by atoms with Crippen LogP contribution in [0.3, 0.4) is 0 Å².